The monoisotopic (exact) mass is 334 g/mol. The van der Waals surface area contributed by atoms with Gasteiger partial charge >= 0.3 is 0 Å². The predicted octanol–water partition coefficient (Wildman–Crippen LogP) is 3.93. The fourth-order valence-corrected chi connectivity index (χ4v) is 3.23. The molecule has 0 N–H and O–H groups in total. The molecular weight excluding hydrogens is 310 g/mol. The fraction of sp³-hybridized carbons (Fsp3) is 0.381. The number of hydrogen-bond acceptors (Lipinski definition) is 2. The Morgan fingerprint density at radius 3 is 2.68 bits per heavy atom. The normalized spacial score (nSPS) is 16.0. The highest BCUT2D eigenvalue weighted by molar-refractivity contribution is 6.32. The second-order valence-corrected chi connectivity index (χ2v) is 7.10. The summed E-state index contributed by atoms with van der Waals surface area (Å²) in [6, 6.07) is 9.91. The van der Waals surface area contributed by atoms with Crippen molar-refractivity contribution in [1.82, 2.24) is 9.88 Å². The number of fused-ring (bicyclic) bond motifs is 1. The van der Waals surface area contributed by atoms with Crippen molar-refractivity contribution in [2.75, 3.05) is 0 Å². The van der Waals surface area contributed by atoms with Crippen molar-refractivity contribution in [3.8, 4) is 0 Å². The quantitative estimate of drug-likeness (QED) is 0.744. The van der Waals surface area contributed by atoms with Crippen molar-refractivity contribution in [3.05, 3.63) is 65.5 Å². The molecule has 4 heteroatoms. The Kier molecular flexibility index (Phi) is 4.98. The van der Waals surface area contributed by atoms with Crippen molar-refractivity contribution in [1.29, 1.82) is 0 Å². The van der Waals surface area contributed by atoms with Gasteiger partial charge in [-0.3, -0.25) is 4.98 Å². The van der Waals surface area contributed by atoms with Gasteiger partial charge in [-0.15, -0.1) is 0 Å². The van der Waals surface area contributed by atoms with Crippen LogP contribution >= 0.6 is 0 Å². The number of alkyl halides is 1. The first-order valence-electron chi connectivity index (χ1n) is 8.84. The lowest BCUT2D eigenvalue weighted by Gasteiger charge is -2.21. The van der Waals surface area contributed by atoms with Gasteiger partial charge in [-0.1, -0.05) is 43.2 Å². The van der Waals surface area contributed by atoms with Crippen molar-refractivity contribution < 1.29 is 4.39 Å². The molecule has 2 aromatic rings. The van der Waals surface area contributed by atoms with Gasteiger partial charge in [0.25, 0.3) is 0 Å². The maximum atomic E-state index is 14.3. The number of rotatable bonds is 6. The summed E-state index contributed by atoms with van der Waals surface area (Å²) in [6.07, 6.45) is 3.59. The molecule has 25 heavy (non-hydrogen) atoms. The minimum Gasteiger partial charge on any atom is -0.361 e. The van der Waals surface area contributed by atoms with Crippen LogP contribution in [0.5, 0.6) is 0 Å². The van der Waals surface area contributed by atoms with E-state index in [1.54, 1.807) is 6.92 Å². The molecule has 1 aliphatic rings. The van der Waals surface area contributed by atoms with Crippen LogP contribution in [0, 0.1) is 0 Å². The molecule has 128 valence electrons. The Morgan fingerprint density at radius 2 is 2.00 bits per heavy atom. The average molecular weight is 334 g/mol. The molecule has 2 heterocycles. The zero-order chi connectivity index (χ0) is 18.0. The van der Waals surface area contributed by atoms with E-state index < -0.39 is 5.67 Å². The van der Waals surface area contributed by atoms with E-state index in [0.29, 0.717) is 19.3 Å². The smallest absolute Gasteiger partial charge is 0.113 e. The van der Waals surface area contributed by atoms with Crippen LogP contribution in [0.1, 0.15) is 49.1 Å². The molecule has 0 saturated heterocycles. The zero-order valence-electron chi connectivity index (χ0n) is 15.1. The first-order chi connectivity index (χ1) is 11.9. The Morgan fingerprint density at radius 1 is 1.28 bits per heavy atom. The number of aromatic nitrogens is 1. The van der Waals surface area contributed by atoms with E-state index >= 15 is 0 Å². The highest BCUT2D eigenvalue weighted by Crippen LogP contribution is 2.35. The van der Waals surface area contributed by atoms with Gasteiger partial charge in [0.2, 0.25) is 0 Å². The fourth-order valence-electron chi connectivity index (χ4n) is 3.23. The molecule has 1 aliphatic heterocycles. The van der Waals surface area contributed by atoms with Gasteiger partial charge in [-0.25, -0.2) is 4.39 Å². The lowest BCUT2D eigenvalue weighted by molar-refractivity contribution is 0.169. The summed E-state index contributed by atoms with van der Waals surface area (Å²) >= 11 is 0. The number of benzene rings is 1. The van der Waals surface area contributed by atoms with Gasteiger partial charge in [0, 0.05) is 24.0 Å². The molecule has 2 radical (unpaired) electrons. The van der Waals surface area contributed by atoms with Gasteiger partial charge in [-0.2, -0.15) is 0 Å². The second kappa shape index (κ2) is 7.03. The van der Waals surface area contributed by atoms with E-state index in [4.69, 9.17) is 7.85 Å². The maximum Gasteiger partial charge on any atom is 0.113 e. The summed E-state index contributed by atoms with van der Waals surface area (Å²) in [5, 5.41) is 0. The standard InChI is InChI=1S/C21H24BFN2/c1-4-21(3,23)11-9-17-10-12-24-19-14-25(15(2)20(17)19)13-16-5-7-18(22)8-6-16/h5-8,10,12H,2,4,9,11,13-14H2,1,3H3. The number of pyridine rings is 1. The summed E-state index contributed by atoms with van der Waals surface area (Å²) in [7, 11) is 5.76. The van der Waals surface area contributed by atoms with E-state index in [1.165, 1.54) is 5.56 Å². The molecule has 2 nitrogen and oxygen atoms in total. The molecule has 0 fully saturated rings. The first-order valence-corrected chi connectivity index (χ1v) is 8.84. The summed E-state index contributed by atoms with van der Waals surface area (Å²) in [5.74, 6) is 0. The van der Waals surface area contributed by atoms with Gasteiger partial charge in [-0.05, 0) is 43.4 Å². The number of halogens is 1. The van der Waals surface area contributed by atoms with E-state index in [2.05, 4.69) is 16.5 Å². The van der Waals surface area contributed by atoms with Crippen LogP contribution in [0.3, 0.4) is 0 Å². The van der Waals surface area contributed by atoms with Crippen LogP contribution in [0.4, 0.5) is 4.39 Å². The van der Waals surface area contributed by atoms with Crippen molar-refractivity contribution in [3.63, 3.8) is 0 Å². The summed E-state index contributed by atoms with van der Waals surface area (Å²) < 4.78 is 14.3. The predicted molar refractivity (Wildman–Crippen MR) is 102 cm³/mol. The molecule has 1 aromatic carbocycles. The lowest BCUT2D eigenvalue weighted by atomic mass is 9.93. The van der Waals surface area contributed by atoms with Crippen LogP contribution < -0.4 is 5.46 Å². The number of hydrogen-bond donors (Lipinski definition) is 0. The summed E-state index contributed by atoms with van der Waals surface area (Å²) in [5.41, 5.74) is 5.09. The average Bonchev–Trinajstić information content (AvgIpc) is 2.92. The minimum atomic E-state index is -1.13. The molecule has 1 atom stereocenters. The number of nitrogens with zero attached hydrogens (tertiary/aromatic N) is 2. The largest absolute Gasteiger partial charge is 0.361 e. The van der Waals surface area contributed by atoms with Gasteiger partial charge < -0.3 is 4.90 Å². The topological polar surface area (TPSA) is 16.1 Å². The van der Waals surface area contributed by atoms with Crippen LogP contribution in [-0.2, 0) is 19.5 Å². The molecular formula is C21H24BFN2. The summed E-state index contributed by atoms with van der Waals surface area (Å²) in [6.45, 7) is 9.37. The van der Waals surface area contributed by atoms with E-state index in [0.717, 1.165) is 41.1 Å². The van der Waals surface area contributed by atoms with E-state index in [9.17, 15) is 4.39 Å². The maximum absolute atomic E-state index is 14.3. The third-order valence-corrected chi connectivity index (χ3v) is 5.13. The van der Waals surface area contributed by atoms with Crippen LogP contribution in [0.25, 0.3) is 5.70 Å². The van der Waals surface area contributed by atoms with Gasteiger partial charge in [0.05, 0.1) is 12.2 Å². The van der Waals surface area contributed by atoms with Crippen LogP contribution in [0.2, 0.25) is 0 Å². The third-order valence-electron chi connectivity index (χ3n) is 5.13. The molecule has 0 aliphatic carbocycles. The molecule has 1 aromatic heterocycles. The highest BCUT2D eigenvalue weighted by atomic mass is 19.1. The Labute approximate surface area is 151 Å². The number of aryl methyl sites for hydroxylation is 1. The molecule has 0 saturated carbocycles. The SMILES string of the molecule is [B]c1ccc(CN2Cc3nccc(CCC(C)(F)CC)c3C2=C)cc1. The third kappa shape index (κ3) is 3.94. The molecule has 1 unspecified atom stereocenters. The lowest BCUT2D eigenvalue weighted by Crippen LogP contribution is -2.17. The second-order valence-electron chi connectivity index (χ2n) is 7.10. The van der Waals surface area contributed by atoms with Crippen LogP contribution in [0.15, 0.2) is 43.1 Å². The minimum absolute atomic E-state index is 0.519. The van der Waals surface area contributed by atoms with E-state index in [-0.39, 0.29) is 0 Å². The van der Waals surface area contributed by atoms with Gasteiger partial charge in [0.1, 0.15) is 13.5 Å². The molecule has 3 rings (SSSR count). The van der Waals surface area contributed by atoms with Crippen molar-refractivity contribution in [2.24, 2.45) is 0 Å². The Balaban J connectivity index is 1.77. The molecule has 0 amide bonds. The highest BCUT2D eigenvalue weighted by Gasteiger charge is 2.27. The zero-order valence-corrected chi connectivity index (χ0v) is 15.1. The molecule has 0 spiro atoms. The molecule has 0 bridgehead atoms. The first kappa shape index (κ1) is 17.7. The Bertz CT molecular complexity index is 768. The van der Waals surface area contributed by atoms with Crippen LogP contribution in [-0.4, -0.2) is 23.4 Å². The van der Waals surface area contributed by atoms with Gasteiger partial charge in [0.15, 0.2) is 0 Å². The summed E-state index contributed by atoms with van der Waals surface area (Å²) in [4.78, 5) is 6.75. The Hall–Kier alpha value is -2.10. The van der Waals surface area contributed by atoms with Crippen molar-refractivity contribution >= 4 is 19.0 Å². The van der Waals surface area contributed by atoms with Crippen molar-refractivity contribution in [2.45, 2.75) is 51.9 Å². The van der Waals surface area contributed by atoms with E-state index in [1.807, 2.05) is 43.5 Å².